The van der Waals surface area contributed by atoms with Gasteiger partial charge in [0.1, 0.15) is 5.75 Å². The first kappa shape index (κ1) is 15.6. The van der Waals surface area contributed by atoms with Crippen LogP contribution < -0.4 is 5.73 Å². The summed E-state index contributed by atoms with van der Waals surface area (Å²) >= 11 is 0. The summed E-state index contributed by atoms with van der Waals surface area (Å²) in [7, 11) is -4.67. The van der Waals surface area contributed by atoms with Gasteiger partial charge in [-0.3, -0.25) is 9.11 Å². The quantitative estimate of drug-likeness (QED) is 0.283. The van der Waals surface area contributed by atoms with Gasteiger partial charge in [0.15, 0.2) is 0 Å². The molecule has 0 heterocycles. The molecular formula is C6H9N3O5S. The van der Waals surface area contributed by atoms with Gasteiger partial charge >= 0.3 is 10.4 Å². The van der Waals surface area contributed by atoms with Gasteiger partial charge in [-0.05, 0) is 12.1 Å². The van der Waals surface area contributed by atoms with Crippen molar-refractivity contribution in [3.8, 4) is 5.75 Å². The van der Waals surface area contributed by atoms with Crippen LogP contribution in [0.15, 0.2) is 24.3 Å². The molecule has 0 saturated carbocycles. The SMILES string of the molecule is N#N.Nc1cccc(O)c1.O=S(=O)(O)O. The number of rotatable bonds is 0. The number of aromatic hydroxyl groups is 1. The lowest BCUT2D eigenvalue weighted by atomic mass is 10.3. The van der Waals surface area contributed by atoms with E-state index in [1.165, 1.54) is 6.07 Å². The molecule has 1 rings (SSSR count). The Morgan fingerprint density at radius 3 is 1.80 bits per heavy atom. The lowest BCUT2D eigenvalue weighted by Crippen LogP contribution is -1.89. The van der Waals surface area contributed by atoms with Crippen molar-refractivity contribution in [3.63, 3.8) is 0 Å². The van der Waals surface area contributed by atoms with Gasteiger partial charge in [0.2, 0.25) is 0 Å². The first-order chi connectivity index (χ1) is 6.79. The van der Waals surface area contributed by atoms with Crippen molar-refractivity contribution in [1.29, 1.82) is 10.8 Å². The average molecular weight is 235 g/mol. The van der Waals surface area contributed by atoms with Crippen LogP contribution in [0.5, 0.6) is 5.75 Å². The highest BCUT2D eigenvalue weighted by Gasteiger charge is 1.85. The van der Waals surface area contributed by atoms with E-state index in [0.29, 0.717) is 5.69 Å². The van der Waals surface area contributed by atoms with E-state index in [1.807, 2.05) is 0 Å². The molecular weight excluding hydrogens is 226 g/mol. The van der Waals surface area contributed by atoms with Crippen LogP contribution in [-0.2, 0) is 10.4 Å². The largest absolute Gasteiger partial charge is 0.508 e. The number of benzene rings is 1. The lowest BCUT2D eigenvalue weighted by molar-refractivity contribution is 0.381. The molecule has 0 amide bonds. The number of nitrogen functional groups attached to an aromatic ring is 1. The molecule has 1 aromatic rings. The van der Waals surface area contributed by atoms with Crippen LogP contribution in [-0.4, -0.2) is 22.6 Å². The molecule has 0 saturated heterocycles. The van der Waals surface area contributed by atoms with Gasteiger partial charge in [-0.2, -0.15) is 8.42 Å². The Morgan fingerprint density at radius 2 is 1.60 bits per heavy atom. The molecule has 0 unspecified atom stereocenters. The molecule has 0 aromatic heterocycles. The Balaban J connectivity index is 0. The highest BCUT2D eigenvalue weighted by Crippen LogP contribution is 2.10. The summed E-state index contributed by atoms with van der Waals surface area (Å²) in [6.07, 6.45) is 0. The van der Waals surface area contributed by atoms with E-state index in [2.05, 4.69) is 0 Å². The predicted octanol–water partition coefficient (Wildman–Crippen LogP) is 0.352. The van der Waals surface area contributed by atoms with Crippen molar-refractivity contribution in [3.05, 3.63) is 24.3 Å². The van der Waals surface area contributed by atoms with Crippen molar-refractivity contribution in [1.82, 2.24) is 0 Å². The van der Waals surface area contributed by atoms with Gasteiger partial charge in [-0.15, -0.1) is 0 Å². The third-order valence-corrected chi connectivity index (χ3v) is 0.870. The fourth-order valence-electron chi connectivity index (χ4n) is 0.525. The van der Waals surface area contributed by atoms with Crippen molar-refractivity contribution in [2.75, 3.05) is 5.73 Å². The Hall–Kier alpha value is -1.89. The molecule has 0 aliphatic rings. The van der Waals surface area contributed by atoms with Crippen LogP contribution in [0, 0.1) is 10.8 Å². The second kappa shape index (κ2) is 7.51. The lowest BCUT2D eigenvalue weighted by Gasteiger charge is -1.90. The second-order valence-electron chi connectivity index (χ2n) is 2.04. The van der Waals surface area contributed by atoms with Crippen LogP contribution >= 0.6 is 0 Å². The summed E-state index contributed by atoms with van der Waals surface area (Å²) in [4.78, 5) is 0. The molecule has 1 aromatic carbocycles. The van der Waals surface area contributed by atoms with Crippen molar-refractivity contribution < 1.29 is 22.6 Å². The van der Waals surface area contributed by atoms with Crippen molar-refractivity contribution in [2.45, 2.75) is 0 Å². The molecule has 5 N–H and O–H groups in total. The third-order valence-electron chi connectivity index (χ3n) is 0.870. The molecule has 0 aliphatic carbocycles. The highest BCUT2D eigenvalue weighted by molar-refractivity contribution is 7.79. The number of phenols is 1. The number of hydrogen-bond donors (Lipinski definition) is 4. The topological polar surface area (TPSA) is 168 Å². The van der Waals surface area contributed by atoms with E-state index in [9.17, 15) is 0 Å². The van der Waals surface area contributed by atoms with Crippen LogP contribution in [0.25, 0.3) is 0 Å². The maximum Gasteiger partial charge on any atom is 0.394 e. The molecule has 0 spiro atoms. The van der Waals surface area contributed by atoms with E-state index >= 15 is 0 Å². The smallest absolute Gasteiger partial charge is 0.394 e. The Bertz CT molecular complexity index is 377. The molecule has 9 heteroatoms. The van der Waals surface area contributed by atoms with Gasteiger partial charge in [-0.1, -0.05) is 6.07 Å². The molecule has 0 bridgehead atoms. The fraction of sp³-hybridized carbons (Fsp3) is 0. The normalized spacial score (nSPS) is 8.80. The van der Waals surface area contributed by atoms with Crippen molar-refractivity contribution >= 4 is 16.1 Å². The standard InChI is InChI=1S/C6H7NO.N2.H2O4S/c7-5-2-1-3-6(8)4-5;1-2;1-5(2,3)4/h1-4,8H,7H2;;(H2,1,2,3,4). The summed E-state index contributed by atoms with van der Waals surface area (Å²) in [5, 5.41) is 20.7. The molecule has 8 nitrogen and oxygen atoms in total. The number of nitrogens with zero attached hydrogens (tertiary/aromatic N) is 2. The van der Waals surface area contributed by atoms with Gasteiger partial charge in [0.05, 0.1) is 0 Å². The van der Waals surface area contributed by atoms with Crippen molar-refractivity contribution in [2.24, 2.45) is 0 Å². The number of anilines is 1. The van der Waals surface area contributed by atoms with E-state index in [1.54, 1.807) is 18.2 Å². The molecule has 15 heavy (non-hydrogen) atoms. The highest BCUT2D eigenvalue weighted by atomic mass is 32.3. The van der Waals surface area contributed by atoms with Gasteiger partial charge in [0, 0.05) is 22.5 Å². The van der Waals surface area contributed by atoms with Gasteiger partial charge < -0.3 is 10.8 Å². The molecule has 0 fully saturated rings. The minimum Gasteiger partial charge on any atom is -0.508 e. The maximum atomic E-state index is 8.74. The monoisotopic (exact) mass is 235 g/mol. The van der Waals surface area contributed by atoms with E-state index in [0.717, 1.165) is 0 Å². The number of hydrogen-bond acceptors (Lipinski definition) is 6. The summed E-state index contributed by atoms with van der Waals surface area (Å²) < 4.78 is 31.6. The third kappa shape index (κ3) is 18.8. The van der Waals surface area contributed by atoms with E-state index in [4.69, 9.17) is 39.1 Å². The summed E-state index contributed by atoms with van der Waals surface area (Å²) in [6, 6.07) is 6.50. The number of phenolic OH excluding ortho intramolecular Hbond substituents is 1. The molecule has 84 valence electrons. The van der Waals surface area contributed by atoms with Crippen LogP contribution in [0.4, 0.5) is 5.69 Å². The summed E-state index contributed by atoms with van der Waals surface area (Å²) in [5.41, 5.74) is 5.89. The number of nitrogens with two attached hydrogens (primary N) is 1. The Kier molecular flexibility index (Phi) is 7.80. The first-order valence-electron chi connectivity index (χ1n) is 3.23. The van der Waals surface area contributed by atoms with E-state index < -0.39 is 10.4 Å². The van der Waals surface area contributed by atoms with Crippen LogP contribution in [0.2, 0.25) is 0 Å². The molecule has 0 aliphatic heterocycles. The molecule has 0 radical (unpaired) electrons. The van der Waals surface area contributed by atoms with Crippen LogP contribution in [0.1, 0.15) is 0 Å². The average Bonchev–Trinajstić information content (AvgIpc) is 2.04. The van der Waals surface area contributed by atoms with E-state index in [-0.39, 0.29) is 5.75 Å². The Labute approximate surface area is 86.0 Å². The second-order valence-corrected chi connectivity index (χ2v) is 2.94. The first-order valence-corrected chi connectivity index (χ1v) is 4.63. The zero-order valence-electron chi connectivity index (χ0n) is 7.35. The predicted molar refractivity (Wildman–Crippen MR) is 50.1 cm³/mol. The Morgan fingerprint density at radius 1 is 1.20 bits per heavy atom. The van der Waals surface area contributed by atoms with Crippen LogP contribution in [0.3, 0.4) is 0 Å². The zero-order chi connectivity index (χ0) is 12.5. The summed E-state index contributed by atoms with van der Waals surface area (Å²) in [5.74, 6) is 0.213. The van der Waals surface area contributed by atoms with Gasteiger partial charge in [0.25, 0.3) is 0 Å². The summed E-state index contributed by atoms with van der Waals surface area (Å²) in [6.45, 7) is 0. The van der Waals surface area contributed by atoms with Gasteiger partial charge in [-0.25, -0.2) is 0 Å². The fourth-order valence-corrected chi connectivity index (χ4v) is 0.525. The minimum absolute atomic E-state index is 0.213. The zero-order valence-corrected chi connectivity index (χ0v) is 8.16. The maximum absolute atomic E-state index is 8.74. The molecule has 0 atom stereocenters. The minimum atomic E-state index is -4.67.